The molecule has 0 aliphatic heterocycles. The average Bonchev–Trinajstić information content (AvgIpc) is 2.05. The van der Waals surface area contributed by atoms with Gasteiger partial charge < -0.3 is 0 Å². The zero-order chi connectivity index (χ0) is 8.81. The van der Waals surface area contributed by atoms with Gasteiger partial charge in [0, 0.05) is 11.4 Å². The van der Waals surface area contributed by atoms with Crippen LogP contribution in [0.4, 0.5) is 0 Å². The average molecular weight is 179 g/mol. The standard InChI is InChI=1S/C11H11Cl/c1-2-3-4-6-10-7-5-8-11(12)9-10/h5,7-9H,4,6H2,1H3. The summed E-state index contributed by atoms with van der Waals surface area (Å²) in [6, 6.07) is 7.91. The Kier molecular flexibility index (Phi) is 3.70. The lowest BCUT2D eigenvalue weighted by Crippen LogP contribution is -1.82. The largest absolute Gasteiger partial charge is 0.107 e. The molecule has 1 aromatic rings. The van der Waals surface area contributed by atoms with Crippen molar-refractivity contribution in [1.29, 1.82) is 0 Å². The van der Waals surface area contributed by atoms with Crippen molar-refractivity contribution in [3.8, 4) is 11.8 Å². The van der Waals surface area contributed by atoms with Crippen molar-refractivity contribution in [3.05, 3.63) is 34.9 Å². The van der Waals surface area contributed by atoms with Crippen molar-refractivity contribution in [3.63, 3.8) is 0 Å². The Morgan fingerprint density at radius 2 is 2.25 bits per heavy atom. The van der Waals surface area contributed by atoms with Crippen molar-refractivity contribution in [2.75, 3.05) is 0 Å². The zero-order valence-electron chi connectivity index (χ0n) is 7.10. The third kappa shape index (κ3) is 2.98. The first-order chi connectivity index (χ1) is 5.83. The summed E-state index contributed by atoms with van der Waals surface area (Å²) in [7, 11) is 0. The van der Waals surface area contributed by atoms with E-state index >= 15 is 0 Å². The third-order valence-electron chi connectivity index (χ3n) is 1.60. The predicted molar refractivity (Wildman–Crippen MR) is 53.2 cm³/mol. The minimum atomic E-state index is 0.803. The lowest BCUT2D eigenvalue weighted by Gasteiger charge is -1.96. The maximum absolute atomic E-state index is 5.82. The molecule has 62 valence electrons. The minimum absolute atomic E-state index is 0.803. The predicted octanol–water partition coefficient (Wildman–Crippen LogP) is 3.30. The molecule has 1 aromatic carbocycles. The molecule has 0 fully saturated rings. The first kappa shape index (κ1) is 9.16. The number of hydrogen-bond donors (Lipinski definition) is 0. The highest BCUT2D eigenvalue weighted by molar-refractivity contribution is 6.30. The lowest BCUT2D eigenvalue weighted by atomic mass is 10.1. The van der Waals surface area contributed by atoms with Crippen LogP contribution in [0.15, 0.2) is 24.3 Å². The summed E-state index contributed by atoms with van der Waals surface area (Å²) in [6.07, 6.45) is 1.90. The van der Waals surface area contributed by atoms with Gasteiger partial charge in [-0.1, -0.05) is 23.7 Å². The van der Waals surface area contributed by atoms with E-state index in [9.17, 15) is 0 Å². The normalized spacial score (nSPS) is 8.83. The maximum Gasteiger partial charge on any atom is 0.0408 e. The van der Waals surface area contributed by atoms with E-state index in [1.807, 2.05) is 25.1 Å². The number of hydrogen-bond acceptors (Lipinski definition) is 0. The van der Waals surface area contributed by atoms with Gasteiger partial charge in [0.15, 0.2) is 0 Å². The van der Waals surface area contributed by atoms with Crippen LogP contribution >= 0.6 is 11.6 Å². The number of halogens is 1. The van der Waals surface area contributed by atoms with Crippen LogP contribution in [0, 0.1) is 11.8 Å². The van der Waals surface area contributed by atoms with Gasteiger partial charge in [-0.05, 0) is 31.0 Å². The molecule has 0 unspecified atom stereocenters. The van der Waals surface area contributed by atoms with Gasteiger partial charge in [0.05, 0.1) is 0 Å². The zero-order valence-corrected chi connectivity index (χ0v) is 7.86. The Balaban J connectivity index is 2.55. The van der Waals surface area contributed by atoms with E-state index in [2.05, 4.69) is 17.9 Å². The lowest BCUT2D eigenvalue weighted by molar-refractivity contribution is 1.03. The minimum Gasteiger partial charge on any atom is -0.107 e. The fourth-order valence-corrected chi connectivity index (χ4v) is 1.24. The molecule has 0 amide bonds. The topological polar surface area (TPSA) is 0 Å². The second-order valence-corrected chi connectivity index (χ2v) is 2.99. The molecular weight excluding hydrogens is 168 g/mol. The first-order valence-electron chi connectivity index (χ1n) is 3.97. The van der Waals surface area contributed by atoms with E-state index in [0.717, 1.165) is 17.9 Å². The molecule has 0 spiro atoms. The summed E-state index contributed by atoms with van der Waals surface area (Å²) in [5, 5.41) is 0.803. The van der Waals surface area contributed by atoms with Gasteiger partial charge in [0.25, 0.3) is 0 Å². The fourth-order valence-electron chi connectivity index (χ4n) is 1.02. The van der Waals surface area contributed by atoms with Crippen LogP contribution in [-0.2, 0) is 6.42 Å². The molecule has 0 aliphatic rings. The molecule has 0 aliphatic carbocycles. The highest BCUT2D eigenvalue weighted by Gasteiger charge is 1.91. The molecule has 0 heterocycles. The summed E-state index contributed by atoms with van der Waals surface area (Å²) < 4.78 is 0. The van der Waals surface area contributed by atoms with Crippen molar-refractivity contribution in [2.24, 2.45) is 0 Å². The van der Waals surface area contributed by atoms with Crippen molar-refractivity contribution >= 4 is 11.6 Å². The third-order valence-corrected chi connectivity index (χ3v) is 1.84. The van der Waals surface area contributed by atoms with E-state index in [1.165, 1.54) is 5.56 Å². The van der Waals surface area contributed by atoms with Crippen molar-refractivity contribution < 1.29 is 0 Å². The fraction of sp³-hybridized carbons (Fsp3) is 0.273. The van der Waals surface area contributed by atoms with E-state index in [-0.39, 0.29) is 0 Å². The Morgan fingerprint density at radius 3 is 2.92 bits per heavy atom. The molecule has 0 bridgehead atoms. The summed E-state index contributed by atoms with van der Waals surface area (Å²) in [4.78, 5) is 0. The Bertz CT molecular complexity index is 304. The van der Waals surface area contributed by atoms with Crippen LogP contribution in [0.5, 0.6) is 0 Å². The number of rotatable bonds is 2. The maximum atomic E-state index is 5.82. The van der Waals surface area contributed by atoms with Gasteiger partial charge in [-0.25, -0.2) is 0 Å². The Morgan fingerprint density at radius 1 is 1.42 bits per heavy atom. The van der Waals surface area contributed by atoms with Gasteiger partial charge >= 0.3 is 0 Å². The van der Waals surface area contributed by atoms with Gasteiger partial charge in [-0.15, -0.1) is 11.8 Å². The molecule has 0 atom stereocenters. The second-order valence-electron chi connectivity index (χ2n) is 2.56. The van der Waals surface area contributed by atoms with E-state index in [4.69, 9.17) is 11.6 Å². The van der Waals surface area contributed by atoms with E-state index < -0.39 is 0 Å². The summed E-state index contributed by atoms with van der Waals surface area (Å²) >= 11 is 5.82. The summed E-state index contributed by atoms with van der Waals surface area (Å²) in [5.41, 5.74) is 1.25. The van der Waals surface area contributed by atoms with Gasteiger partial charge in [-0.3, -0.25) is 0 Å². The first-order valence-corrected chi connectivity index (χ1v) is 4.35. The summed E-state index contributed by atoms with van der Waals surface area (Å²) in [6.45, 7) is 1.86. The molecule has 1 heteroatoms. The Hall–Kier alpha value is -0.930. The molecule has 0 saturated heterocycles. The van der Waals surface area contributed by atoms with Crippen molar-refractivity contribution in [2.45, 2.75) is 19.8 Å². The van der Waals surface area contributed by atoms with Crippen LogP contribution in [0.3, 0.4) is 0 Å². The monoisotopic (exact) mass is 178 g/mol. The van der Waals surface area contributed by atoms with Crippen LogP contribution in [0.2, 0.25) is 5.02 Å². The molecule has 12 heavy (non-hydrogen) atoms. The molecule has 0 nitrogen and oxygen atoms in total. The second kappa shape index (κ2) is 4.85. The Labute approximate surface area is 78.6 Å². The number of benzene rings is 1. The van der Waals surface area contributed by atoms with Crippen LogP contribution < -0.4 is 0 Å². The molecule has 0 N–H and O–H groups in total. The van der Waals surface area contributed by atoms with Gasteiger partial charge in [0.1, 0.15) is 0 Å². The highest BCUT2D eigenvalue weighted by atomic mass is 35.5. The van der Waals surface area contributed by atoms with Crippen LogP contribution in [0.25, 0.3) is 0 Å². The van der Waals surface area contributed by atoms with Crippen LogP contribution in [0.1, 0.15) is 18.9 Å². The molecular formula is C11H11Cl. The smallest absolute Gasteiger partial charge is 0.0408 e. The molecule has 1 rings (SSSR count). The van der Waals surface area contributed by atoms with Crippen LogP contribution in [-0.4, -0.2) is 0 Å². The number of aryl methyl sites for hydroxylation is 1. The van der Waals surface area contributed by atoms with E-state index in [1.54, 1.807) is 0 Å². The highest BCUT2D eigenvalue weighted by Crippen LogP contribution is 2.11. The van der Waals surface area contributed by atoms with E-state index in [0.29, 0.717) is 0 Å². The van der Waals surface area contributed by atoms with Gasteiger partial charge in [-0.2, -0.15) is 0 Å². The molecule has 0 radical (unpaired) electrons. The quantitative estimate of drug-likeness (QED) is 0.610. The SMILES string of the molecule is CC#CCCc1cccc(Cl)c1. The molecule has 0 aromatic heterocycles. The summed E-state index contributed by atoms with van der Waals surface area (Å²) in [5.74, 6) is 5.89. The van der Waals surface area contributed by atoms with Crippen molar-refractivity contribution in [1.82, 2.24) is 0 Å². The molecule has 0 saturated carbocycles. The van der Waals surface area contributed by atoms with Gasteiger partial charge in [0.2, 0.25) is 0 Å².